The molecule has 0 aliphatic rings. The molecule has 6 heteroatoms. The first-order valence-electron chi connectivity index (χ1n) is 6.58. The highest BCUT2D eigenvalue weighted by atomic mass is 79.9. The minimum Gasteiger partial charge on any atom is -0.488 e. The van der Waals surface area contributed by atoms with Crippen LogP contribution in [0.15, 0.2) is 40.9 Å². The molecule has 2 rings (SSSR count). The molecule has 0 amide bonds. The maximum Gasteiger partial charge on any atom is 0.416 e. The molecule has 2 aromatic carbocycles. The number of hydrogen-bond acceptors (Lipinski definition) is 2. The number of hydrogen-bond donors (Lipinski definition) is 1. The minimum absolute atomic E-state index is 0.0879. The molecule has 0 heterocycles. The molecule has 1 N–H and O–H groups in total. The van der Waals surface area contributed by atoms with Crippen molar-refractivity contribution in [3.63, 3.8) is 0 Å². The van der Waals surface area contributed by atoms with E-state index in [1.807, 2.05) is 19.1 Å². The van der Waals surface area contributed by atoms with E-state index in [-0.39, 0.29) is 12.2 Å². The Kier molecular flexibility index (Phi) is 5.01. The molecule has 0 spiro atoms. The summed E-state index contributed by atoms with van der Waals surface area (Å²) in [7, 11) is 1.58. The summed E-state index contributed by atoms with van der Waals surface area (Å²) < 4.78 is 45.7. The van der Waals surface area contributed by atoms with Gasteiger partial charge in [0.1, 0.15) is 12.4 Å². The lowest BCUT2D eigenvalue weighted by molar-refractivity contribution is -0.138. The van der Waals surface area contributed by atoms with E-state index in [1.165, 1.54) is 6.07 Å². The van der Waals surface area contributed by atoms with Crippen molar-refractivity contribution in [2.45, 2.75) is 19.7 Å². The minimum atomic E-state index is -4.42. The van der Waals surface area contributed by atoms with Crippen molar-refractivity contribution in [1.29, 1.82) is 0 Å². The molecule has 0 aliphatic carbocycles. The average Bonchev–Trinajstić information content (AvgIpc) is 2.45. The third-order valence-corrected chi connectivity index (χ3v) is 3.83. The Bertz CT molecular complexity index is 671. The Morgan fingerprint density at radius 2 is 1.91 bits per heavy atom. The SMILES string of the molecule is CNc1cccc(C(F)(F)F)c1COc1ccc(C)cc1Br. The van der Waals surface area contributed by atoms with Crippen molar-refractivity contribution >= 4 is 21.6 Å². The predicted molar refractivity (Wildman–Crippen MR) is 84.2 cm³/mol. The quantitative estimate of drug-likeness (QED) is 0.774. The summed E-state index contributed by atoms with van der Waals surface area (Å²) in [5.74, 6) is 0.504. The number of aryl methyl sites for hydroxylation is 1. The monoisotopic (exact) mass is 373 g/mol. The van der Waals surface area contributed by atoms with Crippen molar-refractivity contribution in [1.82, 2.24) is 0 Å². The second kappa shape index (κ2) is 6.60. The van der Waals surface area contributed by atoms with Crippen molar-refractivity contribution in [3.05, 3.63) is 57.6 Å². The highest BCUT2D eigenvalue weighted by Crippen LogP contribution is 2.36. The van der Waals surface area contributed by atoms with E-state index in [0.29, 0.717) is 15.9 Å². The van der Waals surface area contributed by atoms with Crippen LogP contribution in [0.3, 0.4) is 0 Å². The van der Waals surface area contributed by atoms with Gasteiger partial charge in [0.15, 0.2) is 0 Å². The summed E-state index contributed by atoms with van der Waals surface area (Å²) in [6.45, 7) is 1.75. The Morgan fingerprint density at radius 3 is 2.50 bits per heavy atom. The van der Waals surface area contributed by atoms with Crippen LogP contribution in [0.25, 0.3) is 0 Å². The van der Waals surface area contributed by atoms with Crippen LogP contribution in [0.2, 0.25) is 0 Å². The third kappa shape index (κ3) is 3.74. The fourth-order valence-electron chi connectivity index (χ4n) is 2.11. The molecule has 0 aliphatic heterocycles. The fraction of sp³-hybridized carbons (Fsp3) is 0.250. The second-order valence-corrected chi connectivity index (χ2v) is 5.66. The molecule has 0 bridgehead atoms. The van der Waals surface area contributed by atoms with Gasteiger partial charge in [-0.1, -0.05) is 12.1 Å². The van der Waals surface area contributed by atoms with Gasteiger partial charge >= 0.3 is 6.18 Å². The number of benzene rings is 2. The van der Waals surface area contributed by atoms with Crippen LogP contribution in [0.5, 0.6) is 5.75 Å². The largest absolute Gasteiger partial charge is 0.488 e. The lowest BCUT2D eigenvalue weighted by Gasteiger charge is -2.17. The van der Waals surface area contributed by atoms with Gasteiger partial charge in [-0.2, -0.15) is 13.2 Å². The molecule has 0 saturated carbocycles. The molecule has 118 valence electrons. The molecule has 0 fully saturated rings. The van der Waals surface area contributed by atoms with Crippen LogP contribution in [-0.4, -0.2) is 7.05 Å². The van der Waals surface area contributed by atoms with E-state index in [4.69, 9.17) is 4.74 Å². The van der Waals surface area contributed by atoms with E-state index in [2.05, 4.69) is 21.2 Å². The maximum atomic E-state index is 13.1. The molecule has 0 saturated heterocycles. The molecule has 2 nitrogen and oxygen atoms in total. The summed E-state index contributed by atoms with van der Waals surface area (Å²) in [6.07, 6.45) is -4.42. The van der Waals surface area contributed by atoms with E-state index >= 15 is 0 Å². The fourth-order valence-corrected chi connectivity index (χ4v) is 2.72. The Labute approximate surface area is 135 Å². The first-order chi connectivity index (χ1) is 10.3. The van der Waals surface area contributed by atoms with E-state index in [0.717, 1.165) is 11.6 Å². The number of halogens is 4. The van der Waals surface area contributed by atoms with Gasteiger partial charge in [0.2, 0.25) is 0 Å². The zero-order valence-corrected chi connectivity index (χ0v) is 13.7. The predicted octanol–water partition coefficient (Wildman–Crippen LogP) is 5.40. The maximum absolute atomic E-state index is 13.1. The lowest BCUT2D eigenvalue weighted by Crippen LogP contribution is -2.13. The Balaban J connectivity index is 2.32. The van der Waals surface area contributed by atoms with Crippen LogP contribution in [0.1, 0.15) is 16.7 Å². The van der Waals surface area contributed by atoms with Gasteiger partial charge in [-0.25, -0.2) is 0 Å². The Morgan fingerprint density at radius 1 is 1.18 bits per heavy atom. The number of nitrogens with one attached hydrogen (secondary N) is 1. The normalized spacial score (nSPS) is 11.4. The average molecular weight is 374 g/mol. The second-order valence-electron chi connectivity index (χ2n) is 4.80. The zero-order valence-electron chi connectivity index (χ0n) is 12.1. The van der Waals surface area contributed by atoms with Crippen LogP contribution >= 0.6 is 15.9 Å². The molecule has 0 radical (unpaired) electrons. The summed E-state index contributed by atoms with van der Waals surface area (Å²) in [4.78, 5) is 0. The molecule has 0 unspecified atom stereocenters. The number of ether oxygens (including phenoxy) is 1. The van der Waals surface area contributed by atoms with Crippen LogP contribution in [0, 0.1) is 6.92 Å². The summed E-state index contributed by atoms with van der Waals surface area (Å²) in [5, 5.41) is 2.78. The van der Waals surface area contributed by atoms with Crippen LogP contribution in [-0.2, 0) is 12.8 Å². The molecular weight excluding hydrogens is 359 g/mol. The zero-order chi connectivity index (χ0) is 16.3. The van der Waals surface area contributed by atoms with E-state index < -0.39 is 11.7 Å². The van der Waals surface area contributed by atoms with Gasteiger partial charge in [0.05, 0.1) is 10.0 Å². The van der Waals surface area contributed by atoms with Crippen LogP contribution in [0.4, 0.5) is 18.9 Å². The van der Waals surface area contributed by atoms with Gasteiger partial charge in [-0.15, -0.1) is 0 Å². The van der Waals surface area contributed by atoms with Crippen molar-refractivity contribution in [2.75, 3.05) is 12.4 Å². The highest BCUT2D eigenvalue weighted by molar-refractivity contribution is 9.10. The molecule has 0 atom stereocenters. The van der Waals surface area contributed by atoms with Gasteiger partial charge in [0, 0.05) is 18.3 Å². The molecular formula is C16H15BrF3NO. The number of anilines is 1. The van der Waals surface area contributed by atoms with Crippen molar-refractivity contribution in [2.24, 2.45) is 0 Å². The lowest BCUT2D eigenvalue weighted by atomic mass is 10.1. The van der Waals surface area contributed by atoms with Gasteiger partial charge < -0.3 is 10.1 Å². The highest BCUT2D eigenvalue weighted by Gasteiger charge is 2.34. The standard InChI is InChI=1S/C16H15BrF3NO/c1-10-6-7-15(13(17)8-10)22-9-11-12(16(18,19)20)4-3-5-14(11)21-2/h3-8,21H,9H2,1-2H3. The molecule has 2 aromatic rings. The van der Waals surface area contributed by atoms with Crippen molar-refractivity contribution < 1.29 is 17.9 Å². The Hall–Kier alpha value is -1.69. The van der Waals surface area contributed by atoms with Gasteiger partial charge in [-0.05, 0) is 52.7 Å². The van der Waals surface area contributed by atoms with Gasteiger partial charge in [-0.3, -0.25) is 0 Å². The first kappa shape index (κ1) is 16.7. The van der Waals surface area contributed by atoms with Gasteiger partial charge in [0.25, 0.3) is 0 Å². The smallest absolute Gasteiger partial charge is 0.416 e. The van der Waals surface area contributed by atoms with Crippen molar-refractivity contribution in [3.8, 4) is 5.75 Å². The first-order valence-corrected chi connectivity index (χ1v) is 7.38. The molecule has 0 aromatic heterocycles. The topological polar surface area (TPSA) is 21.3 Å². The summed E-state index contributed by atoms with van der Waals surface area (Å²) in [6, 6.07) is 9.45. The summed E-state index contributed by atoms with van der Waals surface area (Å²) >= 11 is 3.35. The van der Waals surface area contributed by atoms with Crippen LogP contribution < -0.4 is 10.1 Å². The third-order valence-electron chi connectivity index (χ3n) is 3.21. The molecule has 22 heavy (non-hydrogen) atoms. The van der Waals surface area contributed by atoms with E-state index in [1.54, 1.807) is 19.2 Å². The summed E-state index contributed by atoms with van der Waals surface area (Å²) in [5.41, 5.74) is 0.830. The van der Waals surface area contributed by atoms with E-state index in [9.17, 15) is 13.2 Å². The number of rotatable bonds is 4. The number of alkyl halides is 3.